The maximum absolute atomic E-state index is 5.29. The van der Waals surface area contributed by atoms with E-state index in [9.17, 15) is 0 Å². The lowest BCUT2D eigenvalue weighted by Crippen LogP contribution is -2.31. The van der Waals surface area contributed by atoms with Gasteiger partial charge >= 0.3 is 0 Å². The van der Waals surface area contributed by atoms with Crippen molar-refractivity contribution < 1.29 is 4.42 Å². The Morgan fingerprint density at radius 1 is 1.64 bits per heavy atom. The Kier molecular flexibility index (Phi) is 3.29. The van der Waals surface area contributed by atoms with Crippen LogP contribution in [0, 0.1) is 5.92 Å². The molecule has 0 aliphatic heterocycles. The quantitative estimate of drug-likeness (QED) is 0.894. The zero-order valence-electron chi connectivity index (χ0n) is 8.42. The van der Waals surface area contributed by atoms with Crippen LogP contribution in [-0.4, -0.2) is 6.54 Å². The van der Waals surface area contributed by atoms with E-state index in [1.807, 2.05) is 0 Å². The van der Waals surface area contributed by atoms with Crippen molar-refractivity contribution in [3.63, 3.8) is 0 Å². The van der Waals surface area contributed by atoms with Gasteiger partial charge in [0.05, 0.1) is 6.26 Å². The van der Waals surface area contributed by atoms with Crippen molar-refractivity contribution in [2.45, 2.75) is 32.2 Å². The van der Waals surface area contributed by atoms with Crippen LogP contribution in [0.5, 0.6) is 0 Å². The Hall–Kier alpha value is -0.280. The third-order valence-electron chi connectivity index (χ3n) is 3.03. The molecule has 0 amide bonds. The predicted molar refractivity (Wildman–Crippen MR) is 60.2 cm³/mol. The maximum Gasteiger partial charge on any atom is 0.173 e. The molecule has 0 spiro atoms. The van der Waals surface area contributed by atoms with Gasteiger partial charge in [-0.3, -0.25) is 0 Å². The molecule has 0 aromatic carbocycles. The summed E-state index contributed by atoms with van der Waals surface area (Å²) in [6.07, 6.45) is 5.81. The van der Waals surface area contributed by atoms with Crippen molar-refractivity contribution in [1.29, 1.82) is 0 Å². The molecule has 1 fully saturated rings. The Labute approximate surface area is 93.2 Å². The highest BCUT2D eigenvalue weighted by molar-refractivity contribution is 9.10. The molecule has 0 saturated heterocycles. The number of hydrogen-bond acceptors (Lipinski definition) is 2. The number of nitrogens with one attached hydrogen (secondary N) is 1. The molecule has 2 rings (SSSR count). The molecule has 3 heteroatoms. The summed E-state index contributed by atoms with van der Waals surface area (Å²) in [7, 11) is 0. The second kappa shape index (κ2) is 4.49. The monoisotopic (exact) mass is 257 g/mol. The van der Waals surface area contributed by atoms with Crippen LogP contribution in [0.25, 0.3) is 0 Å². The van der Waals surface area contributed by atoms with Crippen LogP contribution in [0.4, 0.5) is 0 Å². The lowest BCUT2D eigenvalue weighted by Gasteiger charge is -2.34. The number of furan rings is 1. The van der Waals surface area contributed by atoms with Gasteiger partial charge in [-0.2, -0.15) is 0 Å². The summed E-state index contributed by atoms with van der Waals surface area (Å²) in [6.45, 7) is 3.17. The van der Waals surface area contributed by atoms with Gasteiger partial charge < -0.3 is 9.73 Å². The van der Waals surface area contributed by atoms with E-state index in [0.29, 0.717) is 6.04 Å². The minimum Gasteiger partial charge on any atom is -0.457 e. The molecule has 1 saturated carbocycles. The zero-order valence-corrected chi connectivity index (χ0v) is 10.0. The van der Waals surface area contributed by atoms with Crippen molar-refractivity contribution in [3.05, 3.63) is 22.6 Å². The van der Waals surface area contributed by atoms with Crippen LogP contribution in [-0.2, 0) is 0 Å². The molecule has 0 radical (unpaired) electrons. The molecule has 1 aliphatic rings. The SMILES string of the molecule is CCNC(c1ccoc1Br)C1CCC1. The largest absolute Gasteiger partial charge is 0.457 e. The van der Waals surface area contributed by atoms with Gasteiger partial charge in [-0.05, 0) is 47.3 Å². The van der Waals surface area contributed by atoms with E-state index in [0.717, 1.165) is 17.1 Å². The van der Waals surface area contributed by atoms with Crippen LogP contribution in [0.3, 0.4) is 0 Å². The van der Waals surface area contributed by atoms with E-state index in [4.69, 9.17) is 4.42 Å². The number of rotatable bonds is 4. The third kappa shape index (κ3) is 1.89. The molecule has 1 aromatic heterocycles. The molecule has 14 heavy (non-hydrogen) atoms. The molecule has 1 heterocycles. The van der Waals surface area contributed by atoms with Gasteiger partial charge in [-0.15, -0.1) is 0 Å². The Morgan fingerprint density at radius 2 is 2.43 bits per heavy atom. The maximum atomic E-state index is 5.29. The first kappa shape index (κ1) is 10.2. The average Bonchev–Trinajstić information content (AvgIpc) is 2.47. The summed E-state index contributed by atoms with van der Waals surface area (Å²) in [6, 6.07) is 2.54. The fraction of sp³-hybridized carbons (Fsp3) is 0.636. The fourth-order valence-corrected chi connectivity index (χ4v) is 2.54. The van der Waals surface area contributed by atoms with Gasteiger partial charge in [0.1, 0.15) is 0 Å². The van der Waals surface area contributed by atoms with E-state index in [-0.39, 0.29) is 0 Å². The molecule has 0 bridgehead atoms. The third-order valence-corrected chi connectivity index (χ3v) is 3.67. The van der Waals surface area contributed by atoms with Crippen molar-refractivity contribution in [1.82, 2.24) is 5.32 Å². The first-order valence-electron chi connectivity index (χ1n) is 5.29. The summed E-state index contributed by atoms with van der Waals surface area (Å²) in [5.41, 5.74) is 1.27. The van der Waals surface area contributed by atoms with Crippen molar-refractivity contribution in [2.75, 3.05) is 6.54 Å². The summed E-state index contributed by atoms with van der Waals surface area (Å²) in [4.78, 5) is 0. The number of halogens is 1. The number of hydrogen-bond donors (Lipinski definition) is 1. The van der Waals surface area contributed by atoms with E-state index >= 15 is 0 Å². The second-order valence-corrected chi connectivity index (χ2v) is 4.60. The van der Waals surface area contributed by atoms with E-state index in [1.165, 1.54) is 24.8 Å². The Bertz CT molecular complexity index is 293. The van der Waals surface area contributed by atoms with E-state index in [2.05, 4.69) is 34.2 Å². The average molecular weight is 258 g/mol. The highest BCUT2D eigenvalue weighted by Gasteiger charge is 2.29. The Balaban J connectivity index is 2.13. The molecule has 2 nitrogen and oxygen atoms in total. The summed E-state index contributed by atoms with van der Waals surface area (Å²) < 4.78 is 6.17. The van der Waals surface area contributed by atoms with Gasteiger partial charge in [0.15, 0.2) is 4.67 Å². The van der Waals surface area contributed by atoms with Crippen LogP contribution < -0.4 is 5.32 Å². The molecule has 1 aromatic rings. The minimum atomic E-state index is 0.474. The van der Waals surface area contributed by atoms with Gasteiger partial charge in [0.2, 0.25) is 0 Å². The first-order chi connectivity index (χ1) is 6.83. The minimum absolute atomic E-state index is 0.474. The van der Waals surface area contributed by atoms with Crippen molar-refractivity contribution in [3.8, 4) is 0 Å². The van der Waals surface area contributed by atoms with Crippen LogP contribution in [0.1, 0.15) is 37.8 Å². The summed E-state index contributed by atoms with van der Waals surface area (Å²) >= 11 is 3.45. The molecule has 1 N–H and O–H groups in total. The Morgan fingerprint density at radius 3 is 2.86 bits per heavy atom. The fourth-order valence-electron chi connectivity index (χ4n) is 2.05. The molecule has 78 valence electrons. The van der Waals surface area contributed by atoms with Crippen molar-refractivity contribution >= 4 is 15.9 Å². The lowest BCUT2D eigenvalue weighted by atomic mass is 9.77. The standard InChI is InChI=1S/C11H16BrNO/c1-2-13-10(8-4-3-5-8)9-6-7-14-11(9)12/h6-8,10,13H,2-5H2,1H3. The van der Waals surface area contributed by atoms with Crippen LogP contribution in [0.2, 0.25) is 0 Å². The summed E-state index contributed by atoms with van der Waals surface area (Å²) in [5.74, 6) is 0.795. The lowest BCUT2D eigenvalue weighted by molar-refractivity contribution is 0.231. The summed E-state index contributed by atoms with van der Waals surface area (Å²) in [5, 5.41) is 3.54. The van der Waals surface area contributed by atoms with E-state index < -0.39 is 0 Å². The molecule has 1 atom stereocenters. The second-order valence-electron chi connectivity index (χ2n) is 3.88. The van der Waals surface area contributed by atoms with Crippen LogP contribution in [0.15, 0.2) is 21.4 Å². The molecule has 1 aliphatic carbocycles. The molecular formula is C11H16BrNO. The topological polar surface area (TPSA) is 25.2 Å². The normalized spacial score (nSPS) is 19.3. The highest BCUT2D eigenvalue weighted by Crippen LogP contribution is 2.40. The van der Waals surface area contributed by atoms with Gasteiger partial charge in [-0.25, -0.2) is 0 Å². The zero-order chi connectivity index (χ0) is 9.97. The van der Waals surface area contributed by atoms with Gasteiger partial charge in [0, 0.05) is 11.6 Å². The smallest absolute Gasteiger partial charge is 0.173 e. The van der Waals surface area contributed by atoms with Crippen LogP contribution >= 0.6 is 15.9 Å². The van der Waals surface area contributed by atoms with Gasteiger partial charge in [0.25, 0.3) is 0 Å². The highest BCUT2D eigenvalue weighted by atomic mass is 79.9. The van der Waals surface area contributed by atoms with E-state index in [1.54, 1.807) is 6.26 Å². The molecular weight excluding hydrogens is 242 g/mol. The predicted octanol–water partition coefficient (Wildman–Crippen LogP) is 3.49. The van der Waals surface area contributed by atoms with Gasteiger partial charge in [-0.1, -0.05) is 13.3 Å². The first-order valence-corrected chi connectivity index (χ1v) is 6.08. The van der Waals surface area contributed by atoms with Crippen molar-refractivity contribution in [2.24, 2.45) is 5.92 Å². The molecule has 1 unspecified atom stereocenters.